The lowest BCUT2D eigenvalue weighted by atomic mass is 9.99. The van der Waals surface area contributed by atoms with Crippen LogP contribution in [-0.4, -0.2) is 4.98 Å². The zero-order valence-electron chi connectivity index (χ0n) is 10.3. The van der Waals surface area contributed by atoms with Crippen LogP contribution < -0.4 is 0 Å². The van der Waals surface area contributed by atoms with E-state index in [2.05, 4.69) is 37.6 Å². The van der Waals surface area contributed by atoms with Gasteiger partial charge >= 0.3 is 0 Å². The van der Waals surface area contributed by atoms with Crippen molar-refractivity contribution in [3.05, 3.63) is 60.0 Å². The van der Waals surface area contributed by atoms with Crippen LogP contribution in [-0.2, 0) is 0 Å². The Kier molecular flexibility index (Phi) is 4.71. The summed E-state index contributed by atoms with van der Waals surface area (Å²) in [7, 11) is 0. The van der Waals surface area contributed by atoms with E-state index >= 15 is 0 Å². The fourth-order valence-corrected chi connectivity index (χ4v) is 1.72. The molecule has 0 unspecified atom stereocenters. The average molecular weight is 213 g/mol. The van der Waals surface area contributed by atoms with Crippen molar-refractivity contribution in [2.24, 2.45) is 0 Å². The lowest BCUT2D eigenvalue weighted by Gasteiger charge is -2.09. The Morgan fingerprint density at radius 1 is 1.50 bits per heavy atom. The predicted octanol–water partition coefficient (Wildman–Crippen LogP) is 4.32. The van der Waals surface area contributed by atoms with E-state index in [0.29, 0.717) is 0 Å². The second-order valence-corrected chi connectivity index (χ2v) is 3.67. The Hall–Kier alpha value is -1.63. The largest absolute Gasteiger partial charge is 0.256 e. The first-order chi connectivity index (χ1) is 7.74. The van der Waals surface area contributed by atoms with Gasteiger partial charge in [0.15, 0.2) is 0 Å². The van der Waals surface area contributed by atoms with E-state index in [1.165, 1.54) is 16.7 Å². The second-order valence-electron chi connectivity index (χ2n) is 3.67. The number of hydrogen-bond donors (Lipinski definition) is 0. The Morgan fingerprint density at radius 2 is 2.25 bits per heavy atom. The van der Waals surface area contributed by atoms with Gasteiger partial charge in [-0.25, -0.2) is 0 Å². The molecular formula is C15H19N. The third-order valence-corrected chi connectivity index (χ3v) is 2.57. The van der Waals surface area contributed by atoms with Crippen LogP contribution in [0.5, 0.6) is 0 Å². The van der Waals surface area contributed by atoms with Crippen LogP contribution in [0.3, 0.4) is 0 Å². The lowest BCUT2D eigenvalue weighted by molar-refractivity contribution is 1.14. The van der Waals surface area contributed by atoms with E-state index < -0.39 is 0 Å². The first-order valence-electron chi connectivity index (χ1n) is 5.64. The first-order valence-corrected chi connectivity index (χ1v) is 5.64. The summed E-state index contributed by atoms with van der Waals surface area (Å²) in [5.74, 6) is 0. The summed E-state index contributed by atoms with van der Waals surface area (Å²) < 4.78 is 0. The molecule has 0 aliphatic carbocycles. The van der Waals surface area contributed by atoms with Gasteiger partial charge in [0.25, 0.3) is 0 Å². The molecule has 0 aliphatic heterocycles. The minimum atomic E-state index is 0.971. The summed E-state index contributed by atoms with van der Waals surface area (Å²) >= 11 is 0. The molecule has 1 heterocycles. The Morgan fingerprint density at radius 3 is 2.75 bits per heavy atom. The van der Waals surface area contributed by atoms with E-state index in [1.807, 2.05) is 31.3 Å². The van der Waals surface area contributed by atoms with Gasteiger partial charge < -0.3 is 0 Å². The van der Waals surface area contributed by atoms with Crippen molar-refractivity contribution >= 4 is 5.57 Å². The number of hydrogen-bond acceptors (Lipinski definition) is 1. The summed E-state index contributed by atoms with van der Waals surface area (Å²) in [6.45, 7) is 10.1. The quantitative estimate of drug-likeness (QED) is 0.679. The van der Waals surface area contributed by atoms with Crippen molar-refractivity contribution in [2.75, 3.05) is 0 Å². The van der Waals surface area contributed by atoms with E-state index in [9.17, 15) is 0 Å². The van der Waals surface area contributed by atoms with Crippen molar-refractivity contribution in [3.63, 3.8) is 0 Å². The van der Waals surface area contributed by atoms with Gasteiger partial charge in [0.05, 0.1) is 5.69 Å². The zero-order valence-corrected chi connectivity index (χ0v) is 10.3. The van der Waals surface area contributed by atoms with Gasteiger partial charge in [-0.15, -0.1) is 0 Å². The van der Waals surface area contributed by atoms with Crippen molar-refractivity contribution in [1.82, 2.24) is 4.98 Å². The molecule has 1 heteroatoms. The van der Waals surface area contributed by atoms with Crippen LogP contribution >= 0.6 is 0 Å². The number of pyridine rings is 1. The van der Waals surface area contributed by atoms with Gasteiger partial charge in [0.2, 0.25) is 0 Å². The maximum Gasteiger partial charge on any atom is 0.0733 e. The SMILES string of the molecule is C=C/C(CC)=C(\C=C/C)c1ncccc1C. The molecule has 0 bridgehead atoms. The molecule has 0 saturated heterocycles. The molecule has 0 aliphatic rings. The highest BCUT2D eigenvalue weighted by molar-refractivity contribution is 5.77. The van der Waals surface area contributed by atoms with Crippen LogP contribution in [0.1, 0.15) is 31.5 Å². The van der Waals surface area contributed by atoms with Gasteiger partial charge in [-0.05, 0) is 37.5 Å². The predicted molar refractivity (Wildman–Crippen MR) is 71.2 cm³/mol. The monoisotopic (exact) mass is 213 g/mol. The van der Waals surface area contributed by atoms with Crippen LogP contribution in [0.2, 0.25) is 0 Å². The minimum absolute atomic E-state index is 0.971. The van der Waals surface area contributed by atoms with Crippen LogP contribution in [0, 0.1) is 6.92 Å². The highest BCUT2D eigenvalue weighted by Gasteiger charge is 2.06. The first kappa shape index (κ1) is 12.4. The summed E-state index contributed by atoms with van der Waals surface area (Å²) in [5.41, 5.74) is 4.67. The molecule has 1 rings (SSSR count). The maximum atomic E-state index is 4.46. The molecule has 16 heavy (non-hydrogen) atoms. The Balaban J connectivity index is 3.39. The molecule has 0 saturated carbocycles. The fourth-order valence-electron chi connectivity index (χ4n) is 1.72. The lowest BCUT2D eigenvalue weighted by Crippen LogP contribution is -1.94. The molecule has 0 aromatic carbocycles. The molecule has 0 amide bonds. The number of aryl methyl sites for hydroxylation is 1. The van der Waals surface area contributed by atoms with Crippen molar-refractivity contribution in [1.29, 1.82) is 0 Å². The summed E-state index contributed by atoms with van der Waals surface area (Å²) in [4.78, 5) is 4.46. The topological polar surface area (TPSA) is 12.9 Å². The van der Waals surface area contributed by atoms with Gasteiger partial charge in [0, 0.05) is 11.8 Å². The van der Waals surface area contributed by atoms with Gasteiger partial charge in [0.1, 0.15) is 0 Å². The summed E-state index contributed by atoms with van der Waals surface area (Å²) in [6.07, 6.45) is 8.88. The highest BCUT2D eigenvalue weighted by atomic mass is 14.7. The minimum Gasteiger partial charge on any atom is -0.256 e. The number of allylic oxidation sites excluding steroid dienone is 5. The molecule has 1 aromatic heterocycles. The van der Waals surface area contributed by atoms with E-state index in [1.54, 1.807) is 0 Å². The van der Waals surface area contributed by atoms with Crippen LogP contribution in [0.25, 0.3) is 5.57 Å². The summed E-state index contributed by atoms with van der Waals surface area (Å²) in [6, 6.07) is 4.05. The number of rotatable bonds is 4. The molecule has 1 aromatic rings. The Labute approximate surface area is 98.2 Å². The molecule has 1 nitrogen and oxygen atoms in total. The number of nitrogens with zero attached hydrogens (tertiary/aromatic N) is 1. The fraction of sp³-hybridized carbons (Fsp3) is 0.267. The van der Waals surface area contributed by atoms with Crippen LogP contribution in [0.15, 0.2) is 48.7 Å². The number of aromatic nitrogens is 1. The van der Waals surface area contributed by atoms with Gasteiger partial charge in [-0.1, -0.05) is 37.8 Å². The summed E-state index contributed by atoms with van der Waals surface area (Å²) in [5, 5.41) is 0. The molecule has 0 spiro atoms. The zero-order chi connectivity index (χ0) is 12.0. The van der Waals surface area contributed by atoms with E-state index in [4.69, 9.17) is 0 Å². The average Bonchev–Trinajstić information content (AvgIpc) is 2.30. The van der Waals surface area contributed by atoms with Gasteiger partial charge in [-0.3, -0.25) is 4.98 Å². The highest BCUT2D eigenvalue weighted by Crippen LogP contribution is 2.23. The molecule has 0 fully saturated rings. The second kappa shape index (κ2) is 6.06. The molecule has 0 radical (unpaired) electrons. The Bertz CT molecular complexity index is 425. The molecule has 0 atom stereocenters. The third kappa shape index (κ3) is 2.69. The van der Waals surface area contributed by atoms with Crippen molar-refractivity contribution < 1.29 is 0 Å². The van der Waals surface area contributed by atoms with E-state index in [0.717, 1.165) is 12.1 Å². The van der Waals surface area contributed by atoms with Crippen molar-refractivity contribution in [3.8, 4) is 0 Å². The van der Waals surface area contributed by atoms with E-state index in [-0.39, 0.29) is 0 Å². The maximum absolute atomic E-state index is 4.46. The molecule has 84 valence electrons. The van der Waals surface area contributed by atoms with Gasteiger partial charge in [-0.2, -0.15) is 0 Å². The smallest absolute Gasteiger partial charge is 0.0733 e. The van der Waals surface area contributed by atoms with Crippen LogP contribution in [0.4, 0.5) is 0 Å². The molecule has 0 N–H and O–H groups in total. The normalized spacial score (nSPS) is 12.7. The standard InChI is InChI=1S/C15H19N/c1-5-9-14(13(6-2)7-3)15-12(4)10-8-11-16-15/h5-6,8-11H,2,7H2,1,3-4H3/b9-5-,14-13-. The molecular weight excluding hydrogens is 194 g/mol. The third-order valence-electron chi connectivity index (χ3n) is 2.57. The van der Waals surface area contributed by atoms with Crippen molar-refractivity contribution in [2.45, 2.75) is 27.2 Å².